The van der Waals surface area contributed by atoms with Gasteiger partial charge in [0, 0.05) is 13.0 Å². The van der Waals surface area contributed by atoms with E-state index < -0.39 is 0 Å². The summed E-state index contributed by atoms with van der Waals surface area (Å²) in [4.78, 5) is 10.5. The van der Waals surface area contributed by atoms with Crippen LogP contribution in [-0.2, 0) is 9.53 Å². The molecule has 1 rings (SSSR count). The van der Waals surface area contributed by atoms with Crippen LogP contribution in [0.15, 0.2) is 0 Å². The van der Waals surface area contributed by atoms with Crippen LogP contribution in [0.5, 0.6) is 0 Å². The number of carbonyl (C=O) groups excluding carboxylic acids is 1. The Hall–Kier alpha value is -0.0800. The standard InChI is InChI=1S/C6H9ClO2/c1-2-9-5-3-4(8)6(5)7/h5-6H,2-3H2,1H3/t5-,6+/m0/s1. The molecule has 0 spiro atoms. The normalized spacial score (nSPS) is 34.2. The largest absolute Gasteiger partial charge is 0.376 e. The molecule has 1 aliphatic rings. The Kier molecular flexibility index (Phi) is 2.09. The maximum Gasteiger partial charge on any atom is 0.156 e. The van der Waals surface area contributed by atoms with Crippen molar-refractivity contribution in [2.75, 3.05) is 6.61 Å². The molecule has 1 fully saturated rings. The highest BCUT2D eigenvalue weighted by molar-refractivity contribution is 6.34. The molecule has 0 heterocycles. The maximum absolute atomic E-state index is 10.5. The predicted molar refractivity (Wildman–Crippen MR) is 34.7 cm³/mol. The molecule has 9 heavy (non-hydrogen) atoms. The number of carbonyl (C=O) groups is 1. The molecule has 0 amide bonds. The van der Waals surface area contributed by atoms with E-state index in [4.69, 9.17) is 16.3 Å². The van der Waals surface area contributed by atoms with Gasteiger partial charge in [-0.15, -0.1) is 11.6 Å². The number of rotatable bonds is 2. The first-order valence-electron chi connectivity index (χ1n) is 3.04. The van der Waals surface area contributed by atoms with Gasteiger partial charge in [0.1, 0.15) is 5.38 Å². The van der Waals surface area contributed by atoms with Gasteiger partial charge in [-0.1, -0.05) is 0 Å². The SMILES string of the molecule is CCO[C@H]1CC(=O)[C@H]1Cl. The Bertz CT molecular complexity index is 124. The summed E-state index contributed by atoms with van der Waals surface area (Å²) in [6, 6.07) is 0. The van der Waals surface area contributed by atoms with Crippen LogP contribution in [0.3, 0.4) is 0 Å². The molecule has 52 valence electrons. The van der Waals surface area contributed by atoms with E-state index in [1.165, 1.54) is 0 Å². The van der Waals surface area contributed by atoms with Gasteiger partial charge in [0.15, 0.2) is 5.78 Å². The van der Waals surface area contributed by atoms with Crippen molar-refractivity contribution in [1.82, 2.24) is 0 Å². The Labute approximate surface area is 59.1 Å². The summed E-state index contributed by atoms with van der Waals surface area (Å²) < 4.78 is 5.11. The quantitative estimate of drug-likeness (QED) is 0.546. The predicted octanol–water partition coefficient (Wildman–Crippen LogP) is 0.972. The zero-order chi connectivity index (χ0) is 6.85. The smallest absolute Gasteiger partial charge is 0.156 e. The summed E-state index contributed by atoms with van der Waals surface area (Å²) in [6.45, 7) is 2.54. The molecule has 1 saturated carbocycles. The highest BCUT2D eigenvalue weighted by atomic mass is 35.5. The van der Waals surface area contributed by atoms with Crippen LogP contribution >= 0.6 is 11.6 Å². The minimum absolute atomic E-state index is 0.0100. The Morgan fingerprint density at radius 2 is 2.56 bits per heavy atom. The second kappa shape index (κ2) is 2.67. The number of ether oxygens (including phenoxy) is 1. The molecule has 0 radical (unpaired) electrons. The molecule has 0 aromatic carbocycles. The van der Waals surface area contributed by atoms with E-state index in [2.05, 4.69) is 0 Å². The molecule has 2 atom stereocenters. The van der Waals surface area contributed by atoms with Crippen molar-refractivity contribution in [1.29, 1.82) is 0 Å². The number of Topliss-reactive ketones (excluding diaryl/α,β-unsaturated/α-hetero) is 1. The van der Waals surface area contributed by atoms with E-state index >= 15 is 0 Å². The molecule has 2 nitrogen and oxygen atoms in total. The summed E-state index contributed by atoms with van der Waals surface area (Å²) in [5, 5.41) is -0.370. The molecule has 0 unspecified atom stereocenters. The summed E-state index contributed by atoms with van der Waals surface area (Å²) in [7, 11) is 0. The van der Waals surface area contributed by atoms with Crippen LogP contribution in [0.25, 0.3) is 0 Å². The van der Waals surface area contributed by atoms with E-state index in [1.807, 2.05) is 6.92 Å². The van der Waals surface area contributed by atoms with Crippen LogP contribution in [0.1, 0.15) is 13.3 Å². The molecule has 0 saturated heterocycles. The van der Waals surface area contributed by atoms with Gasteiger partial charge < -0.3 is 4.74 Å². The summed E-state index contributed by atoms with van der Waals surface area (Å²) in [5.74, 6) is 0.107. The average molecular weight is 149 g/mol. The number of hydrogen-bond donors (Lipinski definition) is 0. The number of alkyl halides is 1. The monoisotopic (exact) mass is 148 g/mol. The topological polar surface area (TPSA) is 26.3 Å². The lowest BCUT2D eigenvalue weighted by molar-refractivity contribution is -0.132. The molecule has 0 aliphatic heterocycles. The van der Waals surface area contributed by atoms with Crippen LogP contribution in [0.2, 0.25) is 0 Å². The summed E-state index contributed by atoms with van der Waals surface area (Å²) in [6.07, 6.45) is 0.492. The zero-order valence-corrected chi connectivity index (χ0v) is 6.02. The average Bonchev–Trinajstić information content (AvgIpc) is 1.88. The van der Waals surface area contributed by atoms with Crippen LogP contribution in [0.4, 0.5) is 0 Å². The van der Waals surface area contributed by atoms with Crippen molar-refractivity contribution in [2.24, 2.45) is 0 Å². The van der Waals surface area contributed by atoms with Crippen molar-refractivity contribution in [3.63, 3.8) is 0 Å². The first-order chi connectivity index (χ1) is 4.25. The van der Waals surface area contributed by atoms with E-state index in [9.17, 15) is 4.79 Å². The third-order valence-corrected chi connectivity index (χ3v) is 1.94. The van der Waals surface area contributed by atoms with Crippen LogP contribution < -0.4 is 0 Å². The van der Waals surface area contributed by atoms with Gasteiger partial charge in [-0.2, -0.15) is 0 Å². The van der Waals surface area contributed by atoms with Crippen molar-refractivity contribution >= 4 is 17.4 Å². The minimum atomic E-state index is -0.370. The summed E-state index contributed by atoms with van der Waals surface area (Å²) >= 11 is 5.57. The molecule has 0 aromatic heterocycles. The van der Waals surface area contributed by atoms with E-state index in [1.54, 1.807) is 0 Å². The summed E-state index contributed by atoms with van der Waals surface area (Å²) in [5.41, 5.74) is 0. The van der Waals surface area contributed by atoms with Gasteiger partial charge in [-0.25, -0.2) is 0 Å². The van der Waals surface area contributed by atoms with Crippen LogP contribution in [0, 0.1) is 0 Å². The van der Waals surface area contributed by atoms with Gasteiger partial charge >= 0.3 is 0 Å². The first-order valence-corrected chi connectivity index (χ1v) is 3.47. The lowest BCUT2D eigenvalue weighted by atomic mass is 9.93. The van der Waals surface area contributed by atoms with Crippen molar-refractivity contribution in [2.45, 2.75) is 24.8 Å². The van der Waals surface area contributed by atoms with Crippen molar-refractivity contribution in [3.05, 3.63) is 0 Å². The minimum Gasteiger partial charge on any atom is -0.376 e. The fourth-order valence-corrected chi connectivity index (χ4v) is 1.07. The van der Waals surface area contributed by atoms with Gasteiger partial charge in [-0.05, 0) is 6.92 Å². The second-order valence-electron chi connectivity index (χ2n) is 2.07. The fraction of sp³-hybridized carbons (Fsp3) is 0.833. The second-order valence-corrected chi connectivity index (χ2v) is 2.54. The van der Waals surface area contributed by atoms with E-state index in [0.29, 0.717) is 13.0 Å². The lowest BCUT2D eigenvalue weighted by Gasteiger charge is -2.29. The van der Waals surface area contributed by atoms with Gasteiger partial charge in [-0.3, -0.25) is 4.79 Å². The van der Waals surface area contributed by atoms with Gasteiger partial charge in [0.2, 0.25) is 0 Å². The van der Waals surface area contributed by atoms with Crippen molar-refractivity contribution in [3.8, 4) is 0 Å². The fourth-order valence-electron chi connectivity index (χ4n) is 0.819. The molecular weight excluding hydrogens is 140 g/mol. The Morgan fingerprint density at radius 1 is 1.89 bits per heavy atom. The molecule has 0 aromatic rings. The van der Waals surface area contributed by atoms with E-state index in [-0.39, 0.29) is 17.3 Å². The molecule has 0 bridgehead atoms. The molecule has 3 heteroatoms. The zero-order valence-electron chi connectivity index (χ0n) is 5.26. The molecular formula is C6H9ClO2. The van der Waals surface area contributed by atoms with E-state index in [0.717, 1.165) is 0 Å². The third kappa shape index (κ3) is 1.25. The highest BCUT2D eigenvalue weighted by Gasteiger charge is 2.38. The van der Waals surface area contributed by atoms with Gasteiger partial charge in [0.05, 0.1) is 6.10 Å². The third-order valence-electron chi connectivity index (χ3n) is 1.42. The maximum atomic E-state index is 10.5. The number of halogens is 1. The van der Waals surface area contributed by atoms with Crippen LogP contribution in [-0.4, -0.2) is 23.9 Å². The molecule has 0 N–H and O–H groups in total. The Balaban J connectivity index is 2.25. The number of hydrogen-bond acceptors (Lipinski definition) is 2. The molecule has 1 aliphatic carbocycles. The Morgan fingerprint density at radius 3 is 2.89 bits per heavy atom. The highest BCUT2D eigenvalue weighted by Crippen LogP contribution is 2.24. The van der Waals surface area contributed by atoms with Gasteiger partial charge in [0.25, 0.3) is 0 Å². The van der Waals surface area contributed by atoms with Crippen molar-refractivity contribution < 1.29 is 9.53 Å². The first kappa shape index (κ1) is 7.03. The lowest BCUT2D eigenvalue weighted by Crippen LogP contribution is -2.44. The number of ketones is 1.